The van der Waals surface area contributed by atoms with Gasteiger partial charge in [0.1, 0.15) is 0 Å². The molecule has 0 bridgehead atoms. The summed E-state index contributed by atoms with van der Waals surface area (Å²) in [7, 11) is 0. The molecule has 2 atom stereocenters. The molecule has 1 heterocycles. The van der Waals surface area contributed by atoms with Gasteiger partial charge in [-0.1, -0.05) is 0 Å². The minimum absolute atomic E-state index is 0.0949. The normalized spacial score (nSPS) is 38.1. The summed E-state index contributed by atoms with van der Waals surface area (Å²) in [5.74, 6) is 0. The van der Waals surface area contributed by atoms with Crippen LogP contribution in [0.1, 0.15) is 13.3 Å². The van der Waals surface area contributed by atoms with Gasteiger partial charge in [0, 0.05) is 0 Å². The molecular weight excluding hydrogens is 175 g/mol. The first-order valence-electron chi connectivity index (χ1n) is 2.55. The Hall–Kier alpha value is 0.239. The molecule has 0 amide bonds. The summed E-state index contributed by atoms with van der Waals surface area (Å²) in [6, 6.07) is 0. The first-order chi connectivity index (χ1) is 3.83. The van der Waals surface area contributed by atoms with Crippen LogP contribution in [0, 0.1) is 0 Å². The molecule has 1 aliphatic heterocycles. The Balaban J connectivity index is 2.32. The summed E-state index contributed by atoms with van der Waals surface area (Å²) < 4.78 is 19.9. The number of hydrogen-bond donors (Lipinski definition) is 0. The van der Waals surface area contributed by atoms with Gasteiger partial charge in [-0.05, 0) is 0 Å². The molecule has 0 spiro atoms. The molecule has 0 aromatic carbocycles. The van der Waals surface area contributed by atoms with Crippen LogP contribution >= 0.6 is 0 Å². The van der Waals surface area contributed by atoms with Crippen molar-refractivity contribution < 1.29 is 11.5 Å². The quantitative estimate of drug-likeness (QED) is 0.546. The van der Waals surface area contributed by atoms with Crippen molar-refractivity contribution in [3.8, 4) is 0 Å². The second-order valence-corrected chi connectivity index (χ2v) is 3.37. The summed E-state index contributed by atoms with van der Waals surface area (Å²) in [5, 5.41) is 0. The molecule has 0 N–H and O–H groups in total. The van der Waals surface area contributed by atoms with Gasteiger partial charge in [0.15, 0.2) is 0 Å². The Kier molecular flexibility index (Phi) is 2.14. The third-order valence-corrected chi connectivity index (χ3v) is 2.61. The maximum atomic E-state index is 10.4. The molecule has 48 valence electrons. The van der Waals surface area contributed by atoms with E-state index >= 15 is 0 Å². The molecule has 0 aliphatic carbocycles. The van der Waals surface area contributed by atoms with E-state index in [-0.39, 0.29) is 6.10 Å². The fraction of sp³-hybridized carbons (Fsp3) is 1.00. The van der Waals surface area contributed by atoms with Crippen molar-refractivity contribution in [3.63, 3.8) is 0 Å². The van der Waals surface area contributed by atoms with Crippen LogP contribution in [0.4, 0.5) is 0 Å². The number of hydrogen-bond acceptors (Lipinski definition) is 3. The fourth-order valence-electron chi connectivity index (χ4n) is 0.484. The van der Waals surface area contributed by atoms with Crippen molar-refractivity contribution in [2.45, 2.75) is 19.4 Å². The van der Waals surface area contributed by atoms with E-state index in [9.17, 15) is 3.83 Å². The van der Waals surface area contributed by atoms with E-state index in [0.29, 0.717) is 6.61 Å². The van der Waals surface area contributed by atoms with Gasteiger partial charge in [0.05, 0.1) is 0 Å². The molecule has 2 unspecified atom stereocenters. The van der Waals surface area contributed by atoms with Crippen LogP contribution in [-0.4, -0.2) is 27.2 Å². The van der Waals surface area contributed by atoms with Crippen molar-refractivity contribution >= 4 is 14.5 Å². The Morgan fingerprint density at radius 1 is 1.88 bits per heavy atom. The van der Waals surface area contributed by atoms with Crippen LogP contribution in [0.5, 0.6) is 0 Å². The minimum atomic E-state index is -2.26. The molecule has 1 fully saturated rings. The van der Waals surface area contributed by atoms with Crippen LogP contribution in [0.25, 0.3) is 0 Å². The van der Waals surface area contributed by atoms with E-state index in [1.807, 2.05) is 6.92 Å². The third-order valence-electron chi connectivity index (χ3n) is 1.02. The van der Waals surface area contributed by atoms with Crippen molar-refractivity contribution in [1.82, 2.24) is 0 Å². The van der Waals surface area contributed by atoms with Crippen molar-refractivity contribution in [1.29, 1.82) is 0 Å². The Labute approximate surface area is 52.7 Å². The third kappa shape index (κ3) is 1.36. The monoisotopic (exact) mass is 184 g/mol. The molecular formula is C4H8O3Se. The molecule has 4 heteroatoms. The van der Waals surface area contributed by atoms with Gasteiger partial charge in [-0.25, -0.2) is 0 Å². The average molecular weight is 183 g/mol. The maximum absolute atomic E-state index is 10.4. The molecule has 0 aromatic heterocycles. The molecule has 0 aromatic rings. The summed E-state index contributed by atoms with van der Waals surface area (Å²) in [6.45, 7) is 2.50. The number of rotatable bonds is 1. The van der Waals surface area contributed by atoms with Gasteiger partial charge in [-0.3, -0.25) is 0 Å². The van der Waals surface area contributed by atoms with Crippen LogP contribution < -0.4 is 0 Å². The second-order valence-electron chi connectivity index (χ2n) is 1.62. The molecule has 3 nitrogen and oxygen atoms in total. The van der Waals surface area contributed by atoms with Crippen molar-refractivity contribution in [3.05, 3.63) is 0 Å². The van der Waals surface area contributed by atoms with Gasteiger partial charge < -0.3 is 0 Å². The Bertz CT molecular complexity index is 103. The summed E-state index contributed by atoms with van der Waals surface area (Å²) in [4.78, 5) is 0. The zero-order valence-corrected chi connectivity index (χ0v) is 6.34. The van der Waals surface area contributed by atoms with E-state index < -0.39 is 14.5 Å². The molecule has 0 saturated carbocycles. The SMILES string of the molecule is CCC1CO[Se](=O)O1. The van der Waals surface area contributed by atoms with E-state index in [0.717, 1.165) is 6.42 Å². The molecule has 8 heavy (non-hydrogen) atoms. The fourth-order valence-corrected chi connectivity index (χ4v) is 2.02. The second kappa shape index (κ2) is 2.69. The first-order valence-corrected chi connectivity index (χ1v) is 4.65. The summed E-state index contributed by atoms with van der Waals surface area (Å²) >= 11 is -2.26. The van der Waals surface area contributed by atoms with Gasteiger partial charge in [0.2, 0.25) is 0 Å². The van der Waals surface area contributed by atoms with Gasteiger partial charge in [-0.2, -0.15) is 0 Å². The zero-order chi connectivity index (χ0) is 5.98. The van der Waals surface area contributed by atoms with Crippen molar-refractivity contribution in [2.24, 2.45) is 0 Å². The molecule has 0 radical (unpaired) electrons. The van der Waals surface area contributed by atoms with Gasteiger partial charge in [-0.15, -0.1) is 0 Å². The van der Waals surface area contributed by atoms with E-state index in [1.54, 1.807) is 0 Å². The predicted molar refractivity (Wildman–Crippen MR) is 27.6 cm³/mol. The first kappa shape index (κ1) is 6.36. The summed E-state index contributed by atoms with van der Waals surface area (Å²) in [6.07, 6.45) is 0.986. The molecule has 1 saturated heterocycles. The Morgan fingerprint density at radius 3 is 2.88 bits per heavy atom. The van der Waals surface area contributed by atoms with Crippen LogP contribution in [-0.2, 0) is 11.5 Å². The van der Waals surface area contributed by atoms with Crippen LogP contribution in [0.3, 0.4) is 0 Å². The van der Waals surface area contributed by atoms with E-state index in [1.165, 1.54) is 0 Å². The standard InChI is InChI=1S/C4H8O3Se/c1-2-4-3-6-8(5)7-4/h4H,2-3H2,1H3. The zero-order valence-electron chi connectivity index (χ0n) is 4.62. The topological polar surface area (TPSA) is 35.5 Å². The van der Waals surface area contributed by atoms with Gasteiger partial charge in [0.25, 0.3) is 0 Å². The van der Waals surface area contributed by atoms with E-state index in [4.69, 9.17) is 7.64 Å². The van der Waals surface area contributed by atoms with Crippen LogP contribution in [0.15, 0.2) is 0 Å². The Morgan fingerprint density at radius 2 is 2.62 bits per heavy atom. The summed E-state index contributed by atoms with van der Waals surface area (Å²) in [5.41, 5.74) is 0. The van der Waals surface area contributed by atoms with E-state index in [2.05, 4.69) is 0 Å². The predicted octanol–water partition coefficient (Wildman–Crippen LogP) is 0.227. The van der Waals surface area contributed by atoms with Crippen molar-refractivity contribution in [2.75, 3.05) is 6.61 Å². The molecule has 1 aliphatic rings. The molecule has 1 rings (SSSR count). The van der Waals surface area contributed by atoms with Gasteiger partial charge >= 0.3 is 52.0 Å². The average Bonchev–Trinajstić information content (AvgIpc) is 2.14. The van der Waals surface area contributed by atoms with Crippen LogP contribution in [0.2, 0.25) is 0 Å².